The predicted molar refractivity (Wildman–Crippen MR) is 91.3 cm³/mol. The van der Waals surface area contributed by atoms with Gasteiger partial charge in [-0.1, -0.05) is 20.3 Å². The molecule has 0 amide bonds. The van der Waals surface area contributed by atoms with Crippen LogP contribution in [0.4, 0.5) is 14.7 Å². The molecule has 0 saturated heterocycles. The molecule has 0 spiro atoms. The summed E-state index contributed by atoms with van der Waals surface area (Å²) >= 11 is 0. The van der Waals surface area contributed by atoms with E-state index in [1.54, 1.807) is 7.05 Å². The van der Waals surface area contributed by atoms with Gasteiger partial charge in [0.25, 0.3) is 0 Å². The van der Waals surface area contributed by atoms with Gasteiger partial charge >= 0.3 is 0 Å². The Morgan fingerprint density at radius 1 is 1.00 bits per heavy atom. The second-order valence-corrected chi connectivity index (χ2v) is 4.88. The van der Waals surface area contributed by atoms with E-state index < -0.39 is 11.6 Å². The van der Waals surface area contributed by atoms with Gasteiger partial charge in [-0.2, -0.15) is 0 Å². The average molecular weight is 355 g/mol. The third-order valence-corrected chi connectivity index (χ3v) is 2.90. The molecule has 2 rings (SSSR count). The van der Waals surface area contributed by atoms with Gasteiger partial charge in [-0.05, 0) is 0 Å². The monoisotopic (exact) mass is 355 g/mol. The highest BCUT2D eigenvalue weighted by atomic mass is 19.1. The molecule has 25 heavy (non-hydrogen) atoms. The van der Waals surface area contributed by atoms with Crippen LogP contribution >= 0.6 is 0 Å². The summed E-state index contributed by atoms with van der Waals surface area (Å²) in [6, 6.07) is 1.14. The van der Waals surface area contributed by atoms with Crippen LogP contribution in [0.2, 0.25) is 0 Å². The number of methoxy groups -OCH3 is 2. The lowest BCUT2D eigenvalue weighted by molar-refractivity contribution is 0.280. The molecule has 0 unspecified atom stereocenters. The first kappa shape index (κ1) is 20.4. The molecule has 6 nitrogen and oxygen atoms in total. The third kappa shape index (κ3) is 5.44. The molecule has 1 aromatic carbocycles. The van der Waals surface area contributed by atoms with Gasteiger partial charge in [-0.3, -0.25) is 0 Å². The first-order valence-corrected chi connectivity index (χ1v) is 7.73. The van der Waals surface area contributed by atoms with Crippen LogP contribution < -0.4 is 19.5 Å². The summed E-state index contributed by atoms with van der Waals surface area (Å²) in [4.78, 5) is 7.88. The Kier molecular flexibility index (Phi) is 8.38. The summed E-state index contributed by atoms with van der Waals surface area (Å²) in [5.74, 6) is -1.24. The second-order valence-electron chi connectivity index (χ2n) is 4.88. The van der Waals surface area contributed by atoms with E-state index in [0.29, 0.717) is 5.95 Å². The van der Waals surface area contributed by atoms with E-state index in [1.165, 1.54) is 33.0 Å². The summed E-state index contributed by atoms with van der Waals surface area (Å²) < 4.78 is 43.3. The maximum atomic E-state index is 14.1. The highest BCUT2D eigenvalue weighted by Crippen LogP contribution is 2.31. The smallest absolute Gasteiger partial charge is 0.222 e. The maximum Gasteiger partial charge on any atom is 0.222 e. The van der Waals surface area contributed by atoms with Crippen molar-refractivity contribution in [2.45, 2.75) is 26.9 Å². The Balaban J connectivity index is 0.000000970. The van der Waals surface area contributed by atoms with Crippen molar-refractivity contribution in [1.82, 2.24) is 9.97 Å². The molecule has 0 radical (unpaired) electrons. The Morgan fingerprint density at radius 3 is 1.88 bits per heavy atom. The molecule has 0 aliphatic carbocycles. The number of benzene rings is 1. The summed E-state index contributed by atoms with van der Waals surface area (Å²) in [7, 11) is 4.23. The first-order valence-electron chi connectivity index (χ1n) is 7.73. The standard InChI is InChI=1S/C14H15F2N3O3.C3H8/c1-17-14-18-5-8(6-19-14)22-7-9-12(15)10(20-2)4-11(21-3)13(9)16;1-3-2/h4-6H,7H2,1-3H3,(H,17,18,19);3H2,1-2H3. The fourth-order valence-corrected chi connectivity index (χ4v) is 1.74. The minimum Gasteiger partial charge on any atom is -0.494 e. The number of rotatable bonds is 6. The van der Waals surface area contributed by atoms with Gasteiger partial charge < -0.3 is 19.5 Å². The number of hydrogen-bond donors (Lipinski definition) is 1. The molecule has 1 aromatic heterocycles. The highest BCUT2D eigenvalue weighted by molar-refractivity contribution is 5.41. The number of nitrogens with zero attached hydrogens (tertiary/aromatic N) is 2. The van der Waals surface area contributed by atoms with Crippen LogP contribution in [0.5, 0.6) is 17.2 Å². The van der Waals surface area contributed by atoms with E-state index >= 15 is 0 Å². The second kappa shape index (κ2) is 10.3. The Morgan fingerprint density at radius 2 is 1.48 bits per heavy atom. The van der Waals surface area contributed by atoms with Gasteiger partial charge in [0.1, 0.15) is 6.61 Å². The van der Waals surface area contributed by atoms with Gasteiger partial charge in [0.2, 0.25) is 5.95 Å². The van der Waals surface area contributed by atoms with Crippen LogP contribution in [0.3, 0.4) is 0 Å². The molecule has 1 N–H and O–H groups in total. The molecule has 0 aliphatic rings. The van der Waals surface area contributed by atoms with E-state index in [-0.39, 0.29) is 29.4 Å². The summed E-state index contributed by atoms with van der Waals surface area (Å²) in [6.45, 7) is 3.90. The summed E-state index contributed by atoms with van der Waals surface area (Å²) in [6.07, 6.45) is 4.04. The van der Waals surface area contributed by atoms with E-state index in [2.05, 4.69) is 29.1 Å². The van der Waals surface area contributed by atoms with E-state index in [0.717, 1.165) is 6.07 Å². The molecule has 0 fully saturated rings. The van der Waals surface area contributed by atoms with Gasteiger partial charge in [-0.15, -0.1) is 0 Å². The zero-order valence-corrected chi connectivity index (χ0v) is 15.0. The fraction of sp³-hybridized carbons (Fsp3) is 0.412. The largest absolute Gasteiger partial charge is 0.494 e. The highest BCUT2D eigenvalue weighted by Gasteiger charge is 2.20. The molecule has 8 heteroatoms. The average Bonchev–Trinajstić information content (AvgIpc) is 2.63. The van der Waals surface area contributed by atoms with Gasteiger partial charge in [0, 0.05) is 13.1 Å². The van der Waals surface area contributed by atoms with Crippen molar-refractivity contribution >= 4 is 5.95 Å². The molecule has 0 atom stereocenters. The zero-order chi connectivity index (χ0) is 18.8. The maximum absolute atomic E-state index is 14.1. The SMILES string of the molecule is CCC.CNc1ncc(OCc2c(F)c(OC)cc(OC)c2F)cn1. The van der Waals surface area contributed by atoms with Crippen molar-refractivity contribution in [3.63, 3.8) is 0 Å². The number of nitrogens with one attached hydrogen (secondary N) is 1. The Bertz CT molecular complexity index is 639. The molecular weight excluding hydrogens is 332 g/mol. The summed E-state index contributed by atoms with van der Waals surface area (Å²) in [5.41, 5.74) is -0.297. The number of anilines is 1. The normalized spacial score (nSPS) is 9.72. The number of hydrogen-bond acceptors (Lipinski definition) is 6. The third-order valence-electron chi connectivity index (χ3n) is 2.90. The van der Waals surface area contributed by atoms with Crippen molar-refractivity contribution in [2.24, 2.45) is 0 Å². The molecule has 0 aliphatic heterocycles. The minimum absolute atomic E-state index is 0.126. The van der Waals surface area contributed by atoms with Crippen LogP contribution in [0.1, 0.15) is 25.8 Å². The lowest BCUT2D eigenvalue weighted by Gasteiger charge is -2.13. The predicted octanol–water partition coefficient (Wildman–Crippen LogP) is 3.81. The molecule has 138 valence electrons. The van der Waals surface area contributed by atoms with Crippen LogP contribution in [-0.4, -0.2) is 31.2 Å². The van der Waals surface area contributed by atoms with Gasteiger partial charge in [0.05, 0.1) is 32.2 Å². The van der Waals surface area contributed by atoms with E-state index in [1.807, 2.05) is 0 Å². The van der Waals surface area contributed by atoms with Crippen LogP contribution in [0, 0.1) is 11.6 Å². The number of halogens is 2. The first-order chi connectivity index (χ1) is 12.0. The quantitative estimate of drug-likeness (QED) is 0.850. The fourth-order valence-electron chi connectivity index (χ4n) is 1.74. The van der Waals surface area contributed by atoms with Crippen molar-refractivity contribution < 1.29 is 23.0 Å². The van der Waals surface area contributed by atoms with Crippen LogP contribution in [-0.2, 0) is 6.61 Å². The topological polar surface area (TPSA) is 65.5 Å². The zero-order valence-electron chi connectivity index (χ0n) is 15.0. The van der Waals surface area contributed by atoms with Crippen molar-refractivity contribution in [2.75, 3.05) is 26.6 Å². The lowest BCUT2D eigenvalue weighted by atomic mass is 10.1. The van der Waals surface area contributed by atoms with E-state index in [9.17, 15) is 8.78 Å². The number of aromatic nitrogens is 2. The van der Waals surface area contributed by atoms with Crippen molar-refractivity contribution in [1.29, 1.82) is 0 Å². The van der Waals surface area contributed by atoms with Gasteiger partial charge in [-0.25, -0.2) is 18.7 Å². The molecular formula is C17H23F2N3O3. The van der Waals surface area contributed by atoms with Gasteiger partial charge in [0.15, 0.2) is 28.9 Å². The molecule has 2 aromatic rings. The Hall–Kier alpha value is -2.64. The summed E-state index contributed by atoms with van der Waals surface area (Å²) in [5, 5.41) is 2.75. The molecule has 1 heterocycles. The van der Waals surface area contributed by atoms with Crippen molar-refractivity contribution in [3.8, 4) is 17.2 Å². The number of ether oxygens (including phenoxy) is 3. The lowest BCUT2D eigenvalue weighted by Crippen LogP contribution is -2.06. The molecule has 0 bridgehead atoms. The van der Waals surface area contributed by atoms with Crippen LogP contribution in [0.15, 0.2) is 18.5 Å². The minimum atomic E-state index is -0.839. The molecule has 0 saturated carbocycles. The van der Waals surface area contributed by atoms with Crippen LogP contribution in [0.25, 0.3) is 0 Å². The Labute approximate surface area is 146 Å². The van der Waals surface area contributed by atoms with Crippen molar-refractivity contribution in [3.05, 3.63) is 35.7 Å². The van der Waals surface area contributed by atoms with E-state index in [4.69, 9.17) is 14.2 Å².